The van der Waals surface area contributed by atoms with Crippen molar-refractivity contribution in [2.75, 3.05) is 11.9 Å². The molecule has 1 aromatic carbocycles. The second kappa shape index (κ2) is 6.21. The molecule has 0 saturated carbocycles. The second-order valence-electron chi connectivity index (χ2n) is 3.09. The van der Waals surface area contributed by atoms with Crippen LogP contribution in [0.15, 0.2) is 23.9 Å². The molecule has 0 aliphatic rings. The maximum Gasteiger partial charge on any atom is 0.191 e. The molecule has 6 heteroatoms. The number of nitrogens with zero attached hydrogens (tertiary/aromatic N) is 2. The number of halogens is 2. The summed E-state index contributed by atoms with van der Waals surface area (Å²) in [7, 11) is 0. The molecule has 0 radical (unpaired) electrons. The van der Waals surface area contributed by atoms with E-state index in [9.17, 15) is 8.78 Å². The van der Waals surface area contributed by atoms with Crippen molar-refractivity contribution in [2.45, 2.75) is 6.92 Å². The molecule has 0 saturated heterocycles. The minimum absolute atomic E-state index is 0.106. The average Bonchev–Trinajstić information content (AvgIpc) is 2.37. The molecule has 0 aromatic heterocycles. The molecular weight excluding hydrogens is 240 g/mol. The van der Waals surface area contributed by atoms with E-state index >= 15 is 0 Å². The molecule has 0 spiro atoms. The lowest BCUT2D eigenvalue weighted by molar-refractivity contribution is 0.321. The van der Waals surface area contributed by atoms with Gasteiger partial charge in [0.25, 0.3) is 0 Å². The second-order valence-corrected chi connectivity index (χ2v) is 3.09. The summed E-state index contributed by atoms with van der Waals surface area (Å²) in [4.78, 5) is 0. The third-order valence-electron chi connectivity index (χ3n) is 1.96. The Kier molecular flexibility index (Phi) is 4.65. The number of rotatable bonds is 4. The standard InChI is InChI=1S/C12H9F2N3O/c1-2-18-10-4-3-9(13)12(11(10)14)17-7-8(5-15)6-16/h3-4,7,17H,2H2,1H3. The van der Waals surface area contributed by atoms with E-state index in [0.717, 1.165) is 12.3 Å². The topological polar surface area (TPSA) is 68.8 Å². The van der Waals surface area contributed by atoms with Gasteiger partial charge in [-0.25, -0.2) is 8.78 Å². The van der Waals surface area contributed by atoms with Gasteiger partial charge in [0.1, 0.15) is 29.2 Å². The molecule has 0 aliphatic heterocycles. The fourth-order valence-electron chi connectivity index (χ4n) is 1.17. The minimum atomic E-state index is -0.914. The Morgan fingerprint density at radius 1 is 1.39 bits per heavy atom. The number of allylic oxidation sites excluding steroid dienone is 1. The van der Waals surface area contributed by atoms with E-state index < -0.39 is 17.3 Å². The van der Waals surface area contributed by atoms with Gasteiger partial charge in [-0.15, -0.1) is 0 Å². The molecule has 0 fully saturated rings. The van der Waals surface area contributed by atoms with E-state index in [-0.39, 0.29) is 17.9 Å². The highest BCUT2D eigenvalue weighted by molar-refractivity contribution is 5.55. The number of anilines is 1. The number of nitriles is 2. The predicted octanol–water partition coefficient (Wildman–Crippen LogP) is 2.71. The summed E-state index contributed by atoms with van der Waals surface area (Å²) in [5.41, 5.74) is -0.764. The number of hydrogen-bond donors (Lipinski definition) is 1. The van der Waals surface area contributed by atoms with Gasteiger partial charge in [0.05, 0.1) is 6.61 Å². The molecule has 0 aliphatic carbocycles. The molecule has 0 heterocycles. The lowest BCUT2D eigenvalue weighted by Gasteiger charge is -2.09. The summed E-state index contributed by atoms with van der Waals surface area (Å²) in [6.45, 7) is 1.90. The van der Waals surface area contributed by atoms with Gasteiger partial charge in [-0.2, -0.15) is 10.5 Å². The summed E-state index contributed by atoms with van der Waals surface area (Å²) in [5, 5.41) is 19.2. The van der Waals surface area contributed by atoms with Crippen molar-refractivity contribution in [3.8, 4) is 17.9 Å². The van der Waals surface area contributed by atoms with Crippen LogP contribution < -0.4 is 10.1 Å². The van der Waals surface area contributed by atoms with Crippen molar-refractivity contribution in [2.24, 2.45) is 0 Å². The lowest BCUT2D eigenvalue weighted by Crippen LogP contribution is -2.01. The van der Waals surface area contributed by atoms with Crippen molar-refractivity contribution >= 4 is 5.69 Å². The van der Waals surface area contributed by atoms with Crippen molar-refractivity contribution in [3.05, 3.63) is 35.5 Å². The zero-order chi connectivity index (χ0) is 13.5. The van der Waals surface area contributed by atoms with Crippen molar-refractivity contribution in [1.82, 2.24) is 0 Å². The van der Waals surface area contributed by atoms with Crippen LogP contribution >= 0.6 is 0 Å². The lowest BCUT2D eigenvalue weighted by atomic mass is 10.2. The third kappa shape index (κ3) is 2.96. The SMILES string of the molecule is CCOc1ccc(F)c(NC=C(C#N)C#N)c1F. The Morgan fingerprint density at radius 2 is 2.06 bits per heavy atom. The first-order chi connectivity index (χ1) is 8.63. The molecule has 0 amide bonds. The van der Waals surface area contributed by atoms with Crippen LogP contribution in [-0.2, 0) is 0 Å². The monoisotopic (exact) mass is 249 g/mol. The van der Waals surface area contributed by atoms with E-state index in [0.29, 0.717) is 0 Å². The van der Waals surface area contributed by atoms with E-state index in [1.807, 2.05) is 0 Å². The van der Waals surface area contributed by atoms with Gasteiger partial charge in [0.15, 0.2) is 11.6 Å². The highest BCUT2D eigenvalue weighted by Crippen LogP contribution is 2.27. The van der Waals surface area contributed by atoms with Gasteiger partial charge in [-0.05, 0) is 19.1 Å². The Labute approximate surface area is 103 Å². The predicted molar refractivity (Wildman–Crippen MR) is 60.5 cm³/mol. The summed E-state index contributed by atoms with van der Waals surface area (Å²) < 4.78 is 32.1. The van der Waals surface area contributed by atoms with E-state index in [4.69, 9.17) is 15.3 Å². The van der Waals surface area contributed by atoms with E-state index in [1.165, 1.54) is 6.07 Å². The summed E-state index contributed by atoms with van der Waals surface area (Å²) in [6, 6.07) is 5.32. The Hall–Kier alpha value is -2.60. The third-order valence-corrected chi connectivity index (χ3v) is 1.96. The van der Waals surface area contributed by atoms with Crippen LogP contribution in [0.2, 0.25) is 0 Å². The number of nitrogens with one attached hydrogen (secondary N) is 1. The summed E-state index contributed by atoms with van der Waals surface area (Å²) >= 11 is 0. The highest BCUT2D eigenvalue weighted by atomic mass is 19.1. The fourth-order valence-corrected chi connectivity index (χ4v) is 1.17. The van der Waals surface area contributed by atoms with Gasteiger partial charge < -0.3 is 10.1 Å². The number of ether oxygens (including phenoxy) is 1. The Morgan fingerprint density at radius 3 is 2.61 bits per heavy atom. The molecule has 1 rings (SSSR count). The van der Waals surface area contributed by atoms with Crippen molar-refractivity contribution in [1.29, 1.82) is 10.5 Å². The molecule has 4 nitrogen and oxygen atoms in total. The molecule has 0 bridgehead atoms. The summed E-state index contributed by atoms with van der Waals surface area (Å²) in [6.07, 6.45) is 0.928. The van der Waals surface area contributed by atoms with Gasteiger partial charge in [-0.1, -0.05) is 0 Å². The van der Waals surface area contributed by atoms with E-state index in [1.54, 1.807) is 19.1 Å². The van der Waals surface area contributed by atoms with Crippen LogP contribution in [0.1, 0.15) is 6.92 Å². The smallest absolute Gasteiger partial charge is 0.191 e. The first kappa shape index (κ1) is 13.5. The number of hydrogen-bond acceptors (Lipinski definition) is 4. The quantitative estimate of drug-likeness (QED) is 0.833. The van der Waals surface area contributed by atoms with Gasteiger partial charge in [-0.3, -0.25) is 0 Å². The first-order valence-electron chi connectivity index (χ1n) is 5.01. The molecule has 0 unspecified atom stereocenters. The van der Waals surface area contributed by atoms with Crippen LogP contribution in [0.3, 0.4) is 0 Å². The fraction of sp³-hybridized carbons (Fsp3) is 0.167. The molecule has 1 N–H and O–H groups in total. The largest absolute Gasteiger partial charge is 0.491 e. The molecule has 1 aromatic rings. The first-order valence-corrected chi connectivity index (χ1v) is 5.01. The normalized spacial score (nSPS) is 8.94. The summed E-state index contributed by atoms with van der Waals surface area (Å²) in [5.74, 6) is -1.86. The molecule has 92 valence electrons. The zero-order valence-corrected chi connectivity index (χ0v) is 9.50. The molecular formula is C12H9F2N3O. The van der Waals surface area contributed by atoms with E-state index in [2.05, 4.69) is 5.32 Å². The van der Waals surface area contributed by atoms with Crippen molar-refractivity contribution < 1.29 is 13.5 Å². The maximum absolute atomic E-state index is 13.8. The van der Waals surface area contributed by atoms with Gasteiger partial charge in [0.2, 0.25) is 0 Å². The van der Waals surface area contributed by atoms with Crippen LogP contribution in [0.25, 0.3) is 0 Å². The maximum atomic E-state index is 13.8. The highest BCUT2D eigenvalue weighted by Gasteiger charge is 2.13. The Balaban J connectivity index is 3.10. The van der Waals surface area contributed by atoms with Crippen LogP contribution in [0, 0.1) is 34.3 Å². The number of benzene rings is 1. The van der Waals surface area contributed by atoms with Crippen LogP contribution in [-0.4, -0.2) is 6.61 Å². The average molecular weight is 249 g/mol. The molecule has 18 heavy (non-hydrogen) atoms. The zero-order valence-electron chi connectivity index (χ0n) is 9.50. The minimum Gasteiger partial charge on any atom is -0.491 e. The molecule has 0 atom stereocenters. The van der Waals surface area contributed by atoms with Gasteiger partial charge >= 0.3 is 0 Å². The van der Waals surface area contributed by atoms with Crippen LogP contribution in [0.5, 0.6) is 5.75 Å². The Bertz CT molecular complexity index is 540. The van der Waals surface area contributed by atoms with Crippen LogP contribution in [0.4, 0.5) is 14.5 Å². The van der Waals surface area contributed by atoms with Crippen molar-refractivity contribution in [3.63, 3.8) is 0 Å². The van der Waals surface area contributed by atoms with Gasteiger partial charge in [0, 0.05) is 6.20 Å².